The average molecular weight is 230 g/mol. The third kappa shape index (κ3) is 3.78. The van der Waals surface area contributed by atoms with Gasteiger partial charge in [0.25, 0.3) is 0 Å². The van der Waals surface area contributed by atoms with E-state index in [1.807, 2.05) is 12.1 Å². The first-order valence-corrected chi connectivity index (χ1v) is 6.54. The third-order valence-corrected chi connectivity index (χ3v) is 3.08. The molecule has 1 rings (SSSR count). The highest BCUT2D eigenvalue weighted by atomic mass is 14.6. The fraction of sp³-hybridized carbons (Fsp3) is 0.533. The molecule has 0 fully saturated rings. The molecule has 1 aromatic carbocycles. The monoisotopic (exact) mass is 230 g/mol. The van der Waals surface area contributed by atoms with Crippen LogP contribution in [0.1, 0.15) is 56.2 Å². The van der Waals surface area contributed by atoms with E-state index in [2.05, 4.69) is 19.9 Å². The van der Waals surface area contributed by atoms with Gasteiger partial charge in [-0.1, -0.05) is 26.7 Å². The average Bonchev–Trinajstić information content (AvgIpc) is 2.36. The van der Waals surface area contributed by atoms with Crippen molar-refractivity contribution in [2.75, 3.05) is 5.73 Å². The van der Waals surface area contributed by atoms with Crippen LogP contribution < -0.4 is 5.73 Å². The van der Waals surface area contributed by atoms with E-state index in [4.69, 9.17) is 11.0 Å². The van der Waals surface area contributed by atoms with Crippen molar-refractivity contribution in [2.24, 2.45) is 0 Å². The van der Waals surface area contributed by atoms with E-state index in [9.17, 15) is 0 Å². The number of nitrogens with two attached hydrogens (primary N) is 1. The Morgan fingerprint density at radius 1 is 1.06 bits per heavy atom. The SMILES string of the molecule is CCCCc1cc(C#N)cc(CCCC)c1N. The summed E-state index contributed by atoms with van der Waals surface area (Å²) in [6, 6.07) is 6.12. The lowest BCUT2D eigenvalue weighted by Gasteiger charge is -2.11. The molecule has 1 aromatic rings. The van der Waals surface area contributed by atoms with Crippen molar-refractivity contribution in [2.45, 2.75) is 52.4 Å². The molecule has 0 saturated heterocycles. The molecule has 2 N–H and O–H groups in total. The first-order chi connectivity index (χ1) is 8.22. The summed E-state index contributed by atoms with van der Waals surface area (Å²) in [5.74, 6) is 0. The van der Waals surface area contributed by atoms with E-state index >= 15 is 0 Å². The lowest BCUT2D eigenvalue weighted by Crippen LogP contribution is -2.02. The maximum Gasteiger partial charge on any atom is 0.0991 e. The molecule has 2 heteroatoms. The lowest BCUT2D eigenvalue weighted by molar-refractivity contribution is 0.783. The van der Waals surface area contributed by atoms with Gasteiger partial charge in [-0.25, -0.2) is 0 Å². The van der Waals surface area contributed by atoms with Crippen molar-refractivity contribution in [1.29, 1.82) is 5.26 Å². The molecule has 0 spiro atoms. The van der Waals surface area contributed by atoms with Crippen molar-refractivity contribution in [3.63, 3.8) is 0 Å². The number of benzene rings is 1. The van der Waals surface area contributed by atoms with Crippen LogP contribution in [-0.4, -0.2) is 0 Å². The number of hydrogen-bond donors (Lipinski definition) is 1. The quantitative estimate of drug-likeness (QED) is 0.755. The number of nitrogens with zero attached hydrogens (tertiary/aromatic N) is 1. The number of anilines is 1. The summed E-state index contributed by atoms with van der Waals surface area (Å²) in [5, 5.41) is 9.04. The van der Waals surface area contributed by atoms with Crippen LogP contribution in [0.2, 0.25) is 0 Å². The molecule has 0 saturated carbocycles. The number of aryl methyl sites for hydroxylation is 2. The minimum atomic E-state index is 0.747. The van der Waals surface area contributed by atoms with E-state index in [-0.39, 0.29) is 0 Å². The molecule has 0 amide bonds. The second-order valence-electron chi connectivity index (χ2n) is 4.53. The summed E-state index contributed by atoms with van der Waals surface area (Å²) in [6.45, 7) is 4.34. The molecular formula is C15H22N2. The maximum atomic E-state index is 9.04. The summed E-state index contributed by atoms with van der Waals surface area (Å²) < 4.78 is 0. The summed E-state index contributed by atoms with van der Waals surface area (Å²) >= 11 is 0. The standard InChI is InChI=1S/C15H22N2/c1-3-5-7-13-9-12(11-16)10-14(15(13)17)8-6-4-2/h9-10H,3-8,17H2,1-2H3. The van der Waals surface area contributed by atoms with Crippen molar-refractivity contribution >= 4 is 5.69 Å². The van der Waals surface area contributed by atoms with E-state index in [1.165, 1.54) is 0 Å². The zero-order chi connectivity index (χ0) is 12.7. The Balaban J connectivity index is 2.99. The van der Waals surface area contributed by atoms with Crippen LogP contribution in [0.15, 0.2) is 12.1 Å². The Morgan fingerprint density at radius 2 is 1.53 bits per heavy atom. The fourth-order valence-corrected chi connectivity index (χ4v) is 1.99. The molecule has 0 unspecified atom stereocenters. The molecule has 0 aliphatic rings. The van der Waals surface area contributed by atoms with Crippen molar-refractivity contribution < 1.29 is 0 Å². The van der Waals surface area contributed by atoms with Gasteiger partial charge in [0.2, 0.25) is 0 Å². The molecule has 0 bridgehead atoms. The second kappa shape index (κ2) is 6.96. The molecular weight excluding hydrogens is 208 g/mol. The van der Waals surface area contributed by atoms with Crippen molar-refractivity contribution in [3.8, 4) is 6.07 Å². The Bertz CT molecular complexity index is 373. The Kier molecular flexibility index (Phi) is 5.56. The fourth-order valence-electron chi connectivity index (χ4n) is 1.99. The van der Waals surface area contributed by atoms with E-state index in [0.717, 1.165) is 60.9 Å². The first-order valence-electron chi connectivity index (χ1n) is 6.54. The minimum Gasteiger partial charge on any atom is -0.398 e. The van der Waals surface area contributed by atoms with Gasteiger partial charge in [0.15, 0.2) is 0 Å². The molecule has 0 aliphatic heterocycles. The van der Waals surface area contributed by atoms with Crippen LogP contribution in [0.4, 0.5) is 5.69 Å². The third-order valence-electron chi connectivity index (χ3n) is 3.08. The number of unbranched alkanes of at least 4 members (excludes halogenated alkanes) is 2. The van der Waals surface area contributed by atoms with Gasteiger partial charge in [0, 0.05) is 5.69 Å². The zero-order valence-electron chi connectivity index (χ0n) is 10.9. The summed E-state index contributed by atoms with van der Waals surface area (Å²) in [7, 11) is 0. The van der Waals surface area contributed by atoms with Gasteiger partial charge in [-0.2, -0.15) is 5.26 Å². The van der Waals surface area contributed by atoms with E-state index in [1.54, 1.807) is 0 Å². The van der Waals surface area contributed by atoms with Gasteiger partial charge in [0.1, 0.15) is 0 Å². The van der Waals surface area contributed by atoms with Gasteiger partial charge >= 0.3 is 0 Å². The van der Waals surface area contributed by atoms with E-state index in [0.29, 0.717) is 0 Å². The predicted molar refractivity (Wildman–Crippen MR) is 72.8 cm³/mol. The highest BCUT2D eigenvalue weighted by Gasteiger charge is 2.07. The molecule has 0 aromatic heterocycles. The van der Waals surface area contributed by atoms with Crippen LogP contribution in [0, 0.1) is 11.3 Å². The zero-order valence-corrected chi connectivity index (χ0v) is 10.9. The van der Waals surface area contributed by atoms with Crippen molar-refractivity contribution in [3.05, 3.63) is 28.8 Å². The summed E-state index contributed by atoms with van der Waals surface area (Å²) in [6.07, 6.45) is 6.54. The molecule has 0 heterocycles. The van der Waals surface area contributed by atoms with Gasteiger partial charge < -0.3 is 5.73 Å². The van der Waals surface area contributed by atoms with Crippen LogP contribution in [0.5, 0.6) is 0 Å². The highest BCUT2D eigenvalue weighted by Crippen LogP contribution is 2.23. The predicted octanol–water partition coefficient (Wildman–Crippen LogP) is 3.83. The topological polar surface area (TPSA) is 49.8 Å². The van der Waals surface area contributed by atoms with Crippen LogP contribution >= 0.6 is 0 Å². The Labute approximate surface area is 104 Å². The van der Waals surface area contributed by atoms with Gasteiger partial charge in [-0.15, -0.1) is 0 Å². The van der Waals surface area contributed by atoms with Crippen LogP contribution in [0.3, 0.4) is 0 Å². The van der Waals surface area contributed by atoms with Crippen LogP contribution in [-0.2, 0) is 12.8 Å². The van der Waals surface area contributed by atoms with E-state index < -0.39 is 0 Å². The number of rotatable bonds is 6. The second-order valence-corrected chi connectivity index (χ2v) is 4.53. The molecule has 17 heavy (non-hydrogen) atoms. The summed E-state index contributed by atoms with van der Waals surface area (Å²) in [4.78, 5) is 0. The molecule has 0 aliphatic carbocycles. The highest BCUT2D eigenvalue weighted by molar-refractivity contribution is 5.57. The first kappa shape index (κ1) is 13.6. The molecule has 0 radical (unpaired) electrons. The Morgan fingerprint density at radius 3 is 1.88 bits per heavy atom. The van der Waals surface area contributed by atoms with Crippen LogP contribution in [0.25, 0.3) is 0 Å². The molecule has 92 valence electrons. The van der Waals surface area contributed by atoms with Crippen molar-refractivity contribution in [1.82, 2.24) is 0 Å². The number of nitrogen functional groups attached to an aromatic ring is 1. The number of nitriles is 1. The lowest BCUT2D eigenvalue weighted by atomic mass is 9.96. The summed E-state index contributed by atoms with van der Waals surface area (Å²) in [5.41, 5.74) is 10.1. The van der Waals surface area contributed by atoms with Gasteiger partial charge in [0.05, 0.1) is 11.6 Å². The maximum absolute atomic E-state index is 9.04. The van der Waals surface area contributed by atoms with Gasteiger partial charge in [-0.05, 0) is 48.9 Å². The molecule has 0 atom stereocenters. The molecule has 2 nitrogen and oxygen atoms in total. The number of hydrogen-bond acceptors (Lipinski definition) is 2. The largest absolute Gasteiger partial charge is 0.398 e. The van der Waals surface area contributed by atoms with Gasteiger partial charge in [-0.3, -0.25) is 0 Å². The smallest absolute Gasteiger partial charge is 0.0991 e. The normalized spacial score (nSPS) is 10.2. The Hall–Kier alpha value is -1.49. The minimum absolute atomic E-state index is 0.747.